The van der Waals surface area contributed by atoms with E-state index in [4.69, 9.17) is 0 Å². The van der Waals surface area contributed by atoms with Crippen LogP contribution in [-0.4, -0.2) is 40.9 Å². The third-order valence-corrected chi connectivity index (χ3v) is 4.05. The molecule has 1 aromatic heterocycles. The Hall–Kier alpha value is -1.65. The summed E-state index contributed by atoms with van der Waals surface area (Å²) in [6.07, 6.45) is 4.10. The summed E-state index contributed by atoms with van der Waals surface area (Å²) in [6, 6.07) is 11.3. The summed E-state index contributed by atoms with van der Waals surface area (Å²) in [5.41, 5.74) is 2.37. The quantitative estimate of drug-likeness (QED) is 0.906. The van der Waals surface area contributed by atoms with E-state index < -0.39 is 0 Å². The van der Waals surface area contributed by atoms with Crippen LogP contribution in [-0.2, 0) is 0 Å². The van der Waals surface area contributed by atoms with E-state index in [9.17, 15) is 0 Å². The topological polar surface area (TPSA) is 33.1 Å². The highest BCUT2D eigenvalue weighted by atomic mass is 15.3. The molecule has 0 spiro atoms. The standard InChI is InChI=1S/C15H20N4/c1-12(18(2)15-9-16-10-15)13-8-17-19(11-13)14-6-4-3-5-7-14/h3-8,11-12,15-16H,9-10H2,1-2H3. The maximum Gasteiger partial charge on any atom is 0.0645 e. The van der Waals surface area contributed by atoms with Gasteiger partial charge < -0.3 is 5.32 Å². The lowest BCUT2D eigenvalue weighted by molar-refractivity contribution is 0.136. The molecule has 1 atom stereocenters. The SMILES string of the molecule is CC(c1cnn(-c2ccccc2)c1)N(C)C1CNC1. The summed E-state index contributed by atoms with van der Waals surface area (Å²) in [7, 11) is 2.19. The van der Waals surface area contributed by atoms with Gasteiger partial charge in [-0.25, -0.2) is 4.68 Å². The van der Waals surface area contributed by atoms with Crippen molar-refractivity contribution in [2.45, 2.75) is 19.0 Å². The minimum Gasteiger partial charge on any atom is -0.314 e. The number of likely N-dealkylation sites (N-methyl/N-ethyl adjacent to an activating group) is 1. The van der Waals surface area contributed by atoms with Gasteiger partial charge in [0.25, 0.3) is 0 Å². The highest BCUT2D eigenvalue weighted by Crippen LogP contribution is 2.22. The Labute approximate surface area is 114 Å². The molecule has 3 rings (SSSR count). The highest BCUT2D eigenvalue weighted by Gasteiger charge is 2.26. The zero-order valence-corrected chi connectivity index (χ0v) is 11.5. The van der Waals surface area contributed by atoms with Crippen molar-refractivity contribution in [2.24, 2.45) is 0 Å². The van der Waals surface area contributed by atoms with E-state index in [1.165, 1.54) is 5.56 Å². The first-order chi connectivity index (χ1) is 9.25. The van der Waals surface area contributed by atoms with Crippen molar-refractivity contribution in [3.63, 3.8) is 0 Å². The van der Waals surface area contributed by atoms with Crippen LogP contribution in [0.25, 0.3) is 5.69 Å². The molecule has 4 nitrogen and oxygen atoms in total. The van der Waals surface area contributed by atoms with Gasteiger partial charge >= 0.3 is 0 Å². The van der Waals surface area contributed by atoms with Gasteiger partial charge in [-0.05, 0) is 26.1 Å². The number of aromatic nitrogens is 2. The van der Waals surface area contributed by atoms with Crippen molar-refractivity contribution in [3.05, 3.63) is 48.3 Å². The highest BCUT2D eigenvalue weighted by molar-refractivity contribution is 5.31. The van der Waals surface area contributed by atoms with Gasteiger partial charge in [-0.2, -0.15) is 5.10 Å². The second-order valence-electron chi connectivity index (χ2n) is 5.21. The zero-order valence-electron chi connectivity index (χ0n) is 11.5. The van der Waals surface area contributed by atoms with Gasteiger partial charge in [0.2, 0.25) is 0 Å². The Bertz CT molecular complexity index is 530. The molecule has 0 amide bonds. The first-order valence-corrected chi connectivity index (χ1v) is 6.78. The van der Waals surface area contributed by atoms with Gasteiger partial charge in [0, 0.05) is 36.9 Å². The summed E-state index contributed by atoms with van der Waals surface area (Å²) in [5, 5.41) is 7.78. The average Bonchev–Trinajstić information content (AvgIpc) is 2.86. The first-order valence-electron chi connectivity index (χ1n) is 6.78. The van der Waals surface area contributed by atoms with Gasteiger partial charge in [0.05, 0.1) is 11.9 Å². The molecule has 0 aliphatic carbocycles. The van der Waals surface area contributed by atoms with E-state index in [-0.39, 0.29) is 0 Å². The molecule has 0 saturated carbocycles. The molecule has 1 unspecified atom stereocenters. The lowest BCUT2D eigenvalue weighted by Gasteiger charge is -2.39. The summed E-state index contributed by atoms with van der Waals surface area (Å²) in [5.74, 6) is 0. The number of nitrogens with zero attached hydrogens (tertiary/aromatic N) is 3. The fourth-order valence-electron chi connectivity index (χ4n) is 2.39. The van der Waals surface area contributed by atoms with Gasteiger partial charge in [0.15, 0.2) is 0 Å². The zero-order chi connectivity index (χ0) is 13.2. The van der Waals surface area contributed by atoms with Crippen molar-refractivity contribution in [3.8, 4) is 5.69 Å². The van der Waals surface area contributed by atoms with Crippen molar-refractivity contribution in [2.75, 3.05) is 20.1 Å². The normalized spacial score (nSPS) is 17.4. The van der Waals surface area contributed by atoms with Crippen molar-refractivity contribution >= 4 is 0 Å². The maximum absolute atomic E-state index is 4.47. The fraction of sp³-hybridized carbons (Fsp3) is 0.400. The van der Waals surface area contributed by atoms with Crippen molar-refractivity contribution < 1.29 is 0 Å². The summed E-state index contributed by atoms with van der Waals surface area (Å²) >= 11 is 0. The molecule has 19 heavy (non-hydrogen) atoms. The second kappa shape index (κ2) is 5.15. The van der Waals surface area contributed by atoms with Crippen LogP contribution in [0.2, 0.25) is 0 Å². The monoisotopic (exact) mass is 256 g/mol. The van der Waals surface area contributed by atoms with Crippen molar-refractivity contribution in [1.29, 1.82) is 0 Å². The lowest BCUT2D eigenvalue weighted by Crippen LogP contribution is -2.56. The van der Waals surface area contributed by atoms with Crippen LogP contribution < -0.4 is 5.32 Å². The van der Waals surface area contributed by atoms with E-state index in [0.717, 1.165) is 18.8 Å². The smallest absolute Gasteiger partial charge is 0.0645 e. The van der Waals surface area contributed by atoms with E-state index in [2.05, 4.69) is 47.6 Å². The fourth-order valence-corrected chi connectivity index (χ4v) is 2.39. The molecular formula is C15H20N4. The van der Waals surface area contributed by atoms with E-state index in [0.29, 0.717) is 12.1 Å². The molecule has 2 aromatic rings. The third kappa shape index (κ3) is 2.41. The summed E-state index contributed by atoms with van der Waals surface area (Å²) in [4.78, 5) is 2.42. The molecule has 1 N–H and O–H groups in total. The number of hydrogen-bond donors (Lipinski definition) is 1. The van der Waals surface area contributed by atoms with Crippen LogP contribution in [0.15, 0.2) is 42.7 Å². The number of rotatable bonds is 4. The van der Waals surface area contributed by atoms with Crippen LogP contribution in [0.5, 0.6) is 0 Å². The number of hydrogen-bond acceptors (Lipinski definition) is 3. The molecular weight excluding hydrogens is 236 g/mol. The second-order valence-corrected chi connectivity index (χ2v) is 5.21. The van der Waals surface area contributed by atoms with Crippen LogP contribution in [0.4, 0.5) is 0 Å². The first kappa shape index (κ1) is 12.4. The van der Waals surface area contributed by atoms with Gasteiger partial charge in [0.1, 0.15) is 0 Å². The predicted molar refractivity (Wildman–Crippen MR) is 76.4 cm³/mol. The number of para-hydroxylation sites is 1. The number of nitrogens with one attached hydrogen (secondary N) is 1. The Morgan fingerprint density at radius 1 is 1.32 bits per heavy atom. The van der Waals surface area contributed by atoms with E-state index in [1.807, 2.05) is 29.1 Å². The molecule has 0 bridgehead atoms. The Kier molecular flexibility index (Phi) is 3.36. The molecule has 1 fully saturated rings. The van der Waals surface area contributed by atoms with E-state index in [1.54, 1.807) is 0 Å². The summed E-state index contributed by atoms with van der Waals surface area (Å²) in [6.45, 7) is 4.42. The Morgan fingerprint density at radius 2 is 2.05 bits per heavy atom. The van der Waals surface area contributed by atoms with Crippen LogP contribution in [0.3, 0.4) is 0 Å². The molecule has 1 aliphatic heterocycles. The minimum atomic E-state index is 0.393. The molecule has 4 heteroatoms. The molecule has 100 valence electrons. The van der Waals surface area contributed by atoms with Gasteiger partial charge in [-0.3, -0.25) is 4.90 Å². The Morgan fingerprint density at radius 3 is 2.68 bits per heavy atom. The molecule has 1 aliphatic rings. The van der Waals surface area contributed by atoms with Crippen LogP contribution in [0, 0.1) is 0 Å². The molecule has 0 radical (unpaired) electrons. The summed E-state index contributed by atoms with van der Waals surface area (Å²) < 4.78 is 1.94. The predicted octanol–water partition coefficient (Wildman–Crippen LogP) is 1.84. The molecule has 1 aromatic carbocycles. The van der Waals surface area contributed by atoms with Crippen LogP contribution >= 0.6 is 0 Å². The van der Waals surface area contributed by atoms with E-state index >= 15 is 0 Å². The van der Waals surface area contributed by atoms with Crippen molar-refractivity contribution in [1.82, 2.24) is 20.0 Å². The van der Waals surface area contributed by atoms with Gasteiger partial charge in [-0.15, -0.1) is 0 Å². The third-order valence-electron chi connectivity index (χ3n) is 4.05. The average molecular weight is 256 g/mol. The maximum atomic E-state index is 4.47. The minimum absolute atomic E-state index is 0.393. The largest absolute Gasteiger partial charge is 0.314 e. The number of benzene rings is 1. The van der Waals surface area contributed by atoms with Gasteiger partial charge in [-0.1, -0.05) is 18.2 Å². The molecule has 2 heterocycles. The van der Waals surface area contributed by atoms with Crippen LogP contribution in [0.1, 0.15) is 18.5 Å². The molecule has 1 saturated heterocycles. The Balaban J connectivity index is 1.77. The lowest BCUT2D eigenvalue weighted by atomic mass is 10.1.